The van der Waals surface area contributed by atoms with E-state index in [2.05, 4.69) is 5.32 Å². The van der Waals surface area contributed by atoms with E-state index in [4.69, 9.17) is 9.47 Å². The molecule has 1 aliphatic rings. The van der Waals surface area contributed by atoms with Crippen LogP contribution in [0.3, 0.4) is 0 Å². The third kappa shape index (κ3) is 4.01. The van der Waals surface area contributed by atoms with Gasteiger partial charge in [-0.15, -0.1) is 0 Å². The molecule has 1 unspecified atom stereocenters. The molecule has 134 valence electrons. The van der Waals surface area contributed by atoms with Crippen LogP contribution in [0.5, 0.6) is 5.75 Å². The van der Waals surface area contributed by atoms with Crippen LogP contribution < -0.4 is 10.1 Å². The molecule has 1 amide bonds. The first kappa shape index (κ1) is 18.6. The number of hydrogen-bond donors (Lipinski definition) is 1. The van der Waals surface area contributed by atoms with Crippen molar-refractivity contribution in [1.29, 1.82) is 0 Å². The summed E-state index contributed by atoms with van der Waals surface area (Å²) in [5, 5.41) is 2.55. The summed E-state index contributed by atoms with van der Waals surface area (Å²) in [7, 11) is 0. The quantitative estimate of drug-likeness (QED) is 0.804. The Morgan fingerprint density at radius 3 is 2.42 bits per heavy atom. The predicted molar refractivity (Wildman–Crippen MR) is 84.0 cm³/mol. The van der Waals surface area contributed by atoms with Crippen LogP contribution in [0.4, 0.5) is 18.9 Å². The zero-order valence-electron chi connectivity index (χ0n) is 14.0. The monoisotopic (exact) mass is 345 g/mol. The fourth-order valence-electron chi connectivity index (χ4n) is 2.67. The number of alkyl halides is 3. The molecule has 1 saturated carbocycles. The van der Waals surface area contributed by atoms with Crippen molar-refractivity contribution >= 4 is 11.6 Å². The minimum atomic E-state index is -4.56. The van der Waals surface area contributed by atoms with Crippen molar-refractivity contribution in [3.05, 3.63) is 23.8 Å². The van der Waals surface area contributed by atoms with Gasteiger partial charge < -0.3 is 14.8 Å². The highest BCUT2D eigenvalue weighted by molar-refractivity contribution is 5.97. The van der Waals surface area contributed by atoms with Crippen LogP contribution in [0.15, 0.2) is 18.2 Å². The molecule has 1 aliphatic carbocycles. The molecule has 1 fully saturated rings. The molecule has 0 heterocycles. The van der Waals surface area contributed by atoms with Crippen LogP contribution in [0, 0.1) is 5.92 Å². The molecule has 0 aromatic heterocycles. The highest BCUT2D eigenvalue weighted by Crippen LogP contribution is 2.43. The van der Waals surface area contributed by atoms with E-state index in [0.29, 0.717) is 6.61 Å². The first-order chi connectivity index (χ1) is 11.2. The number of hydrogen-bond acceptors (Lipinski definition) is 3. The van der Waals surface area contributed by atoms with Gasteiger partial charge >= 0.3 is 6.18 Å². The molecule has 1 aromatic carbocycles. The molecule has 1 aromatic rings. The Balaban J connectivity index is 2.24. The number of anilines is 1. The van der Waals surface area contributed by atoms with Crippen LogP contribution in [0.2, 0.25) is 0 Å². The Morgan fingerprint density at radius 2 is 1.92 bits per heavy atom. The van der Waals surface area contributed by atoms with E-state index in [9.17, 15) is 18.0 Å². The van der Waals surface area contributed by atoms with Crippen molar-refractivity contribution in [2.45, 2.75) is 45.4 Å². The Morgan fingerprint density at radius 1 is 1.25 bits per heavy atom. The Kier molecular flexibility index (Phi) is 5.42. The summed E-state index contributed by atoms with van der Waals surface area (Å²) < 4.78 is 50.1. The molecule has 0 saturated heterocycles. The summed E-state index contributed by atoms with van der Waals surface area (Å²) in [6, 6.07) is 3.51. The molecule has 0 bridgehead atoms. The molecule has 1 atom stereocenters. The number of amides is 1. The Bertz CT molecular complexity index is 599. The largest absolute Gasteiger partial charge is 0.493 e. The summed E-state index contributed by atoms with van der Waals surface area (Å²) in [4.78, 5) is 12.5. The standard InChI is InChI=1S/C17H22F3NO3/c1-4-23-14-9-8-12(10-13(14)17(18,19)20)21-15(22)16(3,24-5-2)11-6-7-11/h8-11H,4-7H2,1-3H3,(H,21,22). The highest BCUT2D eigenvalue weighted by atomic mass is 19.4. The minimum Gasteiger partial charge on any atom is -0.493 e. The van der Waals surface area contributed by atoms with Crippen molar-refractivity contribution in [2.24, 2.45) is 5.92 Å². The van der Waals surface area contributed by atoms with Crippen molar-refractivity contribution in [3.8, 4) is 5.75 Å². The Hall–Kier alpha value is -1.76. The van der Waals surface area contributed by atoms with Gasteiger partial charge in [0, 0.05) is 12.3 Å². The van der Waals surface area contributed by atoms with E-state index >= 15 is 0 Å². The maximum Gasteiger partial charge on any atom is 0.420 e. The predicted octanol–water partition coefficient (Wildman–Crippen LogP) is 4.25. The second-order valence-electron chi connectivity index (χ2n) is 5.91. The van der Waals surface area contributed by atoms with Gasteiger partial charge in [0.05, 0.1) is 12.2 Å². The lowest BCUT2D eigenvalue weighted by Gasteiger charge is -2.28. The van der Waals surface area contributed by atoms with E-state index in [-0.39, 0.29) is 24.0 Å². The lowest BCUT2D eigenvalue weighted by atomic mass is 9.98. The number of halogens is 3. The molecule has 0 spiro atoms. The summed E-state index contributed by atoms with van der Waals surface area (Å²) in [5.41, 5.74) is -1.86. The lowest BCUT2D eigenvalue weighted by molar-refractivity contribution is -0.142. The van der Waals surface area contributed by atoms with Crippen LogP contribution >= 0.6 is 0 Å². The minimum absolute atomic E-state index is 0.0716. The maximum absolute atomic E-state index is 13.2. The van der Waals surface area contributed by atoms with E-state index in [1.165, 1.54) is 12.1 Å². The van der Waals surface area contributed by atoms with Crippen LogP contribution in [0.25, 0.3) is 0 Å². The number of carbonyl (C=O) groups is 1. The van der Waals surface area contributed by atoms with E-state index in [1.807, 2.05) is 0 Å². The second-order valence-corrected chi connectivity index (χ2v) is 5.91. The topological polar surface area (TPSA) is 47.6 Å². The summed E-state index contributed by atoms with van der Waals surface area (Å²) in [6.07, 6.45) is -2.81. The third-order valence-electron chi connectivity index (χ3n) is 4.09. The van der Waals surface area contributed by atoms with Gasteiger partial charge in [-0.1, -0.05) is 0 Å². The zero-order chi connectivity index (χ0) is 18.0. The fraction of sp³-hybridized carbons (Fsp3) is 0.588. The molecule has 4 nitrogen and oxygen atoms in total. The molecule has 24 heavy (non-hydrogen) atoms. The van der Waals surface area contributed by atoms with Gasteiger partial charge in [-0.3, -0.25) is 4.79 Å². The summed E-state index contributed by atoms with van der Waals surface area (Å²) >= 11 is 0. The lowest BCUT2D eigenvalue weighted by Crippen LogP contribution is -2.44. The average Bonchev–Trinajstić information content (AvgIpc) is 3.33. The molecule has 0 radical (unpaired) electrons. The fourth-order valence-corrected chi connectivity index (χ4v) is 2.67. The van der Waals surface area contributed by atoms with E-state index < -0.39 is 23.2 Å². The molecular formula is C17H22F3NO3. The Labute approximate surface area is 139 Å². The molecule has 7 heteroatoms. The van der Waals surface area contributed by atoms with Crippen molar-refractivity contribution < 1.29 is 27.4 Å². The van der Waals surface area contributed by atoms with Crippen LogP contribution in [-0.4, -0.2) is 24.7 Å². The SMILES string of the molecule is CCOc1ccc(NC(=O)C(C)(OCC)C2CC2)cc1C(F)(F)F. The zero-order valence-corrected chi connectivity index (χ0v) is 14.0. The van der Waals surface area contributed by atoms with Gasteiger partial charge in [0.2, 0.25) is 0 Å². The highest BCUT2D eigenvalue weighted by Gasteiger charge is 2.48. The van der Waals surface area contributed by atoms with Gasteiger partial charge in [-0.05, 0) is 57.7 Å². The number of nitrogens with one attached hydrogen (secondary N) is 1. The van der Waals surface area contributed by atoms with Gasteiger partial charge in [-0.2, -0.15) is 13.2 Å². The molecule has 1 N–H and O–H groups in total. The van der Waals surface area contributed by atoms with E-state index in [0.717, 1.165) is 18.9 Å². The van der Waals surface area contributed by atoms with Gasteiger partial charge in [0.25, 0.3) is 5.91 Å². The van der Waals surface area contributed by atoms with Crippen LogP contribution in [0.1, 0.15) is 39.2 Å². The van der Waals surface area contributed by atoms with Crippen molar-refractivity contribution in [3.63, 3.8) is 0 Å². The van der Waals surface area contributed by atoms with Crippen LogP contribution in [-0.2, 0) is 15.7 Å². The van der Waals surface area contributed by atoms with E-state index in [1.54, 1.807) is 20.8 Å². The smallest absolute Gasteiger partial charge is 0.420 e. The van der Waals surface area contributed by atoms with Gasteiger partial charge in [0.1, 0.15) is 11.4 Å². The van der Waals surface area contributed by atoms with Gasteiger partial charge in [-0.25, -0.2) is 0 Å². The normalized spacial score (nSPS) is 17.2. The number of benzene rings is 1. The number of rotatable bonds is 7. The number of carbonyl (C=O) groups excluding carboxylic acids is 1. The summed E-state index contributed by atoms with van der Waals surface area (Å²) in [5.74, 6) is -0.580. The molecule has 2 rings (SSSR count). The third-order valence-corrected chi connectivity index (χ3v) is 4.09. The average molecular weight is 345 g/mol. The van der Waals surface area contributed by atoms with Gasteiger partial charge in [0.15, 0.2) is 0 Å². The first-order valence-electron chi connectivity index (χ1n) is 8.01. The molecular weight excluding hydrogens is 323 g/mol. The molecule has 0 aliphatic heterocycles. The number of ether oxygens (including phenoxy) is 2. The van der Waals surface area contributed by atoms with Crippen molar-refractivity contribution in [1.82, 2.24) is 0 Å². The van der Waals surface area contributed by atoms with Crippen molar-refractivity contribution in [2.75, 3.05) is 18.5 Å². The first-order valence-corrected chi connectivity index (χ1v) is 8.01. The second kappa shape index (κ2) is 7.01. The summed E-state index contributed by atoms with van der Waals surface area (Å²) in [6.45, 7) is 5.56. The maximum atomic E-state index is 13.2.